The molecule has 3 aliphatic rings. The molecule has 0 saturated heterocycles. The normalized spacial score (nSPS) is 18.1. The van der Waals surface area contributed by atoms with Gasteiger partial charge in [-0.3, -0.25) is 9.97 Å². The zero-order valence-corrected chi connectivity index (χ0v) is 28.9. The monoisotopic (exact) mass is 688 g/mol. The third kappa shape index (κ3) is 8.56. The summed E-state index contributed by atoms with van der Waals surface area (Å²) in [7, 11) is 0. The Kier molecular flexibility index (Phi) is 12.4. The number of benzene rings is 4. The van der Waals surface area contributed by atoms with Crippen LogP contribution in [0.15, 0.2) is 158 Å². The van der Waals surface area contributed by atoms with Crippen LogP contribution in [-0.2, 0) is 39.3 Å². The Hall–Kier alpha value is -4.28. The molecule has 2 heterocycles. The van der Waals surface area contributed by atoms with Crippen molar-refractivity contribution < 1.29 is 26.2 Å². The summed E-state index contributed by atoms with van der Waals surface area (Å²) in [6.07, 6.45) is 7.36. The third-order valence-electron chi connectivity index (χ3n) is 8.52. The van der Waals surface area contributed by atoms with Crippen molar-refractivity contribution in [3.8, 4) is 0 Å². The molecule has 4 aromatic carbocycles. The van der Waals surface area contributed by atoms with Crippen molar-refractivity contribution in [2.24, 2.45) is 0 Å². The fourth-order valence-electron chi connectivity index (χ4n) is 6.40. The van der Waals surface area contributed by atoms with Crippen LogP contribution < -0.4 is 0 Å². The summed E-state index contributed by atoms with van der Waals surface area (Å²) in [5.74, 6) is 0.473. The first-order valence-corrected chi connectivity index (χ1v) is 15.7. The molecule has 2 aromatic heterocycles. The number of rotatable bonds is 6. The minimum absolute atomic E-state index is 0. The van der Waals surface area contributed by atoms with E-state index in [1.165, 1.54) is 33.4 Å². The topological polar surface area (TPSA) is 54.0 Å². The van der Waals surface area contributed by atoms with Gasteiger partial charge in [0.1, 0.15) is 0 Å². The van der Waals surface area contributed by atoms with Gasteiger partial charge in [-0.05, 0) is 58.4 Å². The third-order valence-corrected chi connectivity index (χ3v) is 8.52. The predicted molar refractivity (Wildman–Crippen MR) is 189 cm³/mol. The number of hydrogen-bond donors (Lipinski definition) is 0. The SMILES string of the molecule is [CH2-]c1ccccc1.[CH2-]c1ccccc1.[Zr+4].c1ccc2c(c1)C1c3ccccc3C2[C@@H]([N-]Cc2ccncc2)[C@@H]1[N-]Cc1ccncc1. The summed E-state index contributed by atoms with van der Waals surface area (Å²) in [6.45, 7) is 8.81. The van der Waals surface area contributed by atoms with Crippen LogP contribution >= 0.6 is 0 Å². The second-order valence-corrected chi connectivity index (χ2v) is 11.6. The van der Waals surface area contributed by atoms with Crippen molar-refractivity contribution in [1.82, 2.24) is 9.97 Å². The molecule has 0 unspecified atom stereocenters. The Bertz CT molecular complexity index is 1600. The van der Waals surface area contributed by atoms with Crippen LogP contribution in [0.5, 0.6) is 0 Å². The average Bonchev–Trinajstić information content (AvgIpc) is 3.12. The Morgan fingerprint density at radius 3 is 1.00 bits per heavy atom. The number of hydrogen-bond acceptors (Lipinski definition) is 2. The predicted octanol–water partition coefficient (Wildman–Crippen LogP) is 9.69. The number of aromatic nitrogens is 2. The van der Waals surface area contributed by atoms with Gasteiger partial charge >= 0.3 is 26.2 Å². The number of pyridine rings is 2. The molecule has 0 radical (unpaired) electrons. The molecule has 9 rings (SSSR count). The summed E-state index contributed by atoms with van der Waals surface area (Å²) in [5.41, 5.74) is 10.2. The van der Waals surface area contributed by atoms with Crippen LogP contribution in [0, 0.1) is 13.8 Å². The van der Waals surface area contributed by atoms with Gasteiger partial charge in [0.25, 0.3) is 0 Å². The second-order valence-electron chi connectivity index (χ2n) is 11.6. The maximum atomic E-state index is 5.29. The van der Waals surface area contributed by atoms with Crippen LogP contribution in [0.2, 0.25) is 0 Å². The van der Waals surface area contributed by atoms with Gasteiger partial charge in [-0.2, -0.15) is 49.2 Å². The first kappa shape index (κ1) is 34.1. The van der Waals surface area contributed by atoms with Crippen molar-refractivity contribution in [2.75, 3.05) is 0 Å². The van der Waals surface area contributed by atoms with E-state index < -0.39 is 0 Å². The number of fused-ring (bicyclic) bond motifs is 1. The Morgan fingerprint density at radius 2 is 0.723 bits per heavy atom. The zero-order chi connectivity index (χ0) is 31.6. The molecular weight excluding hydrogens is 652 g/mol. The molecule has 0 fully saturated rings. The smallest absolute Gasteiger partial charge is 0.656 e. The van der Waals surface area contributed by atoms with Crippen LogP contribution in [0.25, 0.3) is 10.6 Å². The van der Waals surface area contributed by atoms with Crippen LogP contribution in [0.4, 0.5) is 0 Å². The minimum Gasteiger partial charge on any atom is -0.656 e. The van der Waals surface area contributed by atoms with Crippen LogP contribution in [0.1, 0.15) is 56.3 Å². The number of nitrogens with zero attached hydrogens (tertiary/aromatic N) is 4. The second kappa shape index (κ2) is 17.0. The summed E-state index contributed by atoms with van der Waals surface area (Å²) >= 11 is 0. The van der Waals surface area contributed by atoms with Crippen molar-refractivity contribution in [3.63, 3.8) is 0 Å². The zero-order valence-electron chi connectivity index (χ0n) is 26.4. The van der Waals surface area contributed by atoms with E-state index in [-0.39, 0.29) is 50.1 Å². The van der Waals surface area contributed by atoms with Gasteiger partial charge in [-0.1, -0.05) is 71.8 Å². The summed E-state index contributed by atoms with van der Waals surface area (Å²) < 4.78 is 0. The van der Waals surface area contributed by atoms with Crippen molar-refractivity contribution in [1.29, 1.82) is 0 Å². The van der Waals surface area contributed by atoms with E-state index in [9.17, 15) is 0 Å². The van der Waals surface area contributed by atoms with Crippen molar-refractivity contribution in [2.45, 2.75) is 37.0 Å². The van der Waals surface area contributed by atoms with Crippen molar-refractivity contribution in [3.05, 3.63) is 227 Å². The molecule has 3 aliphatic carbocycles. The molecule has 0 aliphatic heterocycles. The molecule has 6 aromatic rings. The molecular formula is C42H38N4Zr. The summed E-state index contributed by atoms with van der Waals surface area (Å²) in [5, 5.41) is 10.6. The molecule has 47 heavy (non-hydrogen) atoms. The Labute approximate surface area is 298 Å². The van der Waals surface area contributed by atoms with Gasteiger partial charge < -0.3 is 10.6 Å². The molecule has 230 valence electrons. The van der Waals surface area contributed by atoms with Gasteiger partial charge in [-0.15, -0.1) is 49.4 Å². The fraction of sp³-hybridized carbons (Fsp3) is 0.143. The van der Waals surface area contributed by atoms with E-state index in [1.807, 2.05) is 85.5 Å². The van der Waals surface area contributed by atoms with E-state index in [0.717, 1.165) is 11.1 Å². The molecule has 0 spiro atoms. The molecule has 5 heteroatoms. The molecule has 0 N–H and O–H groups in total. The van der Waals surface area contributed by atoms with E-state index in [4.69, 9.17) is 10.6 Å². The molecule has 0 saturated carbocycles. The Morgan fingerprint density at radius 1 is 0.426 bits per heavy atom. The molecule has 4 nitrogen and oxygen atoms in total. The summed E-state index contributed by atoms with van der Waals surface area (Å²) in [6, 6.07) is 46.0. The van der Waals surface area contributed by atoms with E-state index in [1.54, 1.807) is 0 Å². The van der Waals surface area contributed by atoms with Gasteiger partial charge in [0, 0.05) is 24.8 Å². The molecule has 0 amide bonds. The standard InChI is InChI=1S/C28H24N4.2C7H7.Zr/c1-2-6-22-21(5-1)25-23-7-3-4-8-24(23)26(22)28(32-18-20-11-15-30-16-12-20)27(25)31-17-19-9-13-29-14-10-19;2*1-7-5-3-2-4-6-7;/h1-16,25-28H,17-18H2;2*2-6H,1H2;/q-2;2*-1;+4/t25?,26?,27-,28-;;;/m1.../s1. The van der Waals surface area contributed by atoms with E-state index >= 15 is 0 Å². The minimum atomic E-state index is 0. The van der Waals surface area contributed by atoms with Crippen LogP contribution in [0.3, 0.4) is 0 Å². The van der Waals surface area contributed by atoms with E-state index in [2.05, 4.69) is 96.6 Å². The van der Waals surface area contributed by atoms with Crippen molar-refractivity contribution >= 4 is 0 Å². The van der Waals surface area contributed by atoms with E-state index in [0.29, 0.717) is 13.1 Å². The maximum Gasteiger partial charge on any atom is 4.00 e. The Balaban J connectivity index is 0.000000239. The van der Waals surface area contributed by atoms with Gasteiger partial charge in [0.05, 0.1) is 0 Å². The van der Waals surface area contributed by atoms with Crippen LogP contribution in [-0.4, -0.2) is 22.1 Å². The largest absolute Gasteiger partial charge is 4.00 e. The quantitative estimate of drug-likeness (QED) is 0.164. The fourth-order valence-corrected chi connectivity index (χ4v) is 6.40. The first-order chi connectivity index (χ1) is 22.7. The maximum absolute atomic E-state index is 5.29. The summed E-state index contributed by atoms with van der Waals surface area (Å²) in [4.78, 5) is 8.30. The molecule has 2 atom stereocenters. The molecule has 2 bridgehead atoms. The first-order valence-electron chi connectivity index (χ1n) is 15.7. The average molecular weight is 690 g/mol. The van der Waals surface area contributed by atoms with Gasteiger partial charge in [-0.25, -0.2) is 0 Å². The van der Waals surface area contributed by atoms with Gasteiger partial charge in [0.2, 0.25) is 0 Å². The van der Waals surface area contributed by atoms with Gasteiger partial charge in [0.15, 0.2) is 0 Å².